The van der Waals surface area contributed by atoms with Gasteiger partial charge in [0.05, 0.1) is 6.54 Å². The lowest BCUT2D eigenvalue weighted by Gasteiger charge is -2.33. The van der Waals surface area contributed by atoms with E-state index in [4.69, 9.17) is 0 Å². The maximum absolute atomic E-state index is 4.33. The number of aliphatic imine (C=N–C) groups is 1. The van der Waals surface area contributed by atoms with Gasteiger partial charge >= 0.3 is 0 Å². The van der Waals surface area contributed by atoms with Crippen molar-refractivity contribution in [2.24, 2.45) is 12.0 Å². The lowest BCUT2D eigenvalue weighted by atomic mass is 10.0. The Balaban J connectivity index is 1.42. The summed E-state index contributed by atoms with van der Waals surface area (Å²) in [6, 6.07) is 9.04. The number of aromatic nitrogens is 3. The van der Waals surface area contributed by atoms with Crippen molar-refractivity contribution in [1.29, 1.82) is 0 Å². The second-order valence-electron chi connectivity index (χ2n) is 6.55. The van der Waals surface area contributed by atoms with Crippen molar-refractivity contribution in [3.63, 3.8) is 0 Å². The fourth-order valence-corrected chi connectivity index (χ4v) is 3.38. The first-order valence-corrected chi connectivity index (χ1v) is 9.70. The van der Waals surface area contributed by atoms with E-state index in [-0.39, 0.29) is 0 Å². The molecule has 2 N–H and O–H groups in total. The van der Waals surface area contributed by atoms with Gasteiger partial charge < -0.3 is 10.6 Å². The number of piperidine rings is 1. The minimum atomic E-state index is 0.446. The van der Waals surface area contributed by atoms with Crippen LogP contribution in [0.2, 0.25) is 0 Å². The van der Waals surface area contributed by atoms with Crippen LogP contribution in [0.3, 0.4) is 0 Å². The highest BCUT2D eigenvalue weighted by molar-refractivity contribution is 9.10. The molecule has 140 valence electrons. The van der Waals surface area contributed by atoms with Gasteiger partial charge in [-0.3, -0.25) is 14.6 Å². The van der Waals surface area contributed by atoms with Gasteiger partial charge in [0.2, 0.25) is 0 Å². The smallest absolute Gasteiger partial charge is 0.191 e. The molecule has 1 aliphatic heterocycles. The zero-order chi connectivity index (χ0) is 18.4. The molecule has 8 heteroatoms. The largest absolute Gasteiger partial charge is 0.354 e. The van der Waals surface area contributed by atoms with Crippen LogP contribution in [0.15, 0.2) is 40.1 Å². The lowest BCUT2D eigenvalue weighted by Crippen LogP contribution is -2.48. The Morgan fingerprint density at radius 1 is 1.27 bits per heavy atom. The number of aryl methyl sites for hydroxylation is 1. The number of nitrogens with zero attached hydrogens (tertiary/aromatic N) is 5. The summed E-state index contributed by atoms with van der Waals surface area (Å²) in [5.41, 5.74) is 1.36. The molecule has 1 saturated heterocycles. The van der Waals surface area contributed by atoms with E-state index in [1.54, 1.807) is 18.1 Å². The van der Waals surface area contributed by atoms with Gasteiger partial charge in [-0.1, -0.05) is 28.1 Å². The number of hydrogen-bond donors (Lipinski definition) is 2. The molecule has 2 heterocycles. The van der Waals surface area contributed by atoms with Crippen molar-refractivity contribution in [3.05, 3.63) is 46.5 Å². The van der Waals surface area contributed by atoms with Gasteiger partial charge in [-0.25, -0.2) is 4.98 Å². The highest BCUT2D eigenvalue weighted by Gasteiger charge is 2.20. The van der Waals surface area contributed by atoms with Crippen molar-refractivity contribution in [2.75, 3.05) is 20.1 Å². The standard InChI is InChI=1S/C18H26BrN7/c1-20-18(21-11-17-22-13-23-25(17)2)24-16-7-9-26(10-8-16)12-14-3-5-15(19)6-4-14/h3-6,13,16H,7-12H2,1-2H3,(H2,20,21,24). The van der Waals surface area contributed by atoms with Gasteiger partial charge in [0.15, 0.2) is 5.96 Å². The number of hydrogen-bond acceptors (Lipinski definition) is 4. The third-order valence-corrected chi connectivity index (χ3v) is 5.22. The van der Waals surface area contributed by atoms with Crippen LogP contribution in [0, 0.1) is 0 Å². The number of halogens is 1. The molecule has 2 aromatic rings. The van der Waals surface area contributed by atoms with Crippen molar-refractivity contribution in [1.82, 2.24) is 30.3 Å². The maximum Gasteiger partial charge on any atom is 0.191 e. The van der Waals surface area contributed by atoms with Crippen molar-refractivity contribution >= 4 is 21.9 Å². The quantitative estimate of drug-likeness (QED) is 0.571. The molecule has 3 rings (SSSR count). The molecule has 0 bridgehead atoms. The van der Waals surface area contributed by atoms with Gasteiger partial charge in [0.25, 0.3) is 0 Å². The Morgan fingerprint density at radius 2 is 2.00 bits per heavy atom. The van der Waals surface area contributed by atoms with Crippen LogP contribution in [0.25, 0.3) is 0 Å². The Bertz CT molecular complexity index is 717. The van der Waals surface area contributed by atoms with Crippen molar-refractivity contribution in [3.8, 4) is 0 Å². The summed E-state index contributed by atoms with van der Waals surface area (Å²) in [5, 5.41) is 10.9. The summed E-state index contributed by atoms with van der Waals surface area (Å²) >= 11 is 3.49. The maximum atomic E-state index is 4.33. The molecule has 0 amide bonds. The lowest BCUT2D eigenvalue weighted by molar-refractivity contribution is 0.198. The van der Waals surface area contributed by atoms with Crippen LogP contribution in [0.5, 0.6) is 0 Å². The first-order chi connectivity index (χ1) is 12.6. The fraction of sp³-hybridized carbons (Fsp3) is 0.500. The van der Waals surface area contributed by atoms with E-state index >= 15 is 0 Å². The molecule has 0 saturated carbocycles. The molecule has 7 nitrogen and oxygen atoms in total. The van der Waals surface area contributed by atoms with Gasteiger partial charge in [-0.2, -0.15) is 5.10 Å². The molecule has 1 fully saturated rings. The predicted molar refractivity (Wildman–Crippen MR) is 107 cm³/mol. The van der Waals surface area contributed by atoms with Crippen molar-refractivity contribution in [2.45, 2.75) is 32.0 Å². The summed E-state index contributed by atoms with van der Waals surface area (Å²) in [6.45, 7) is 3.81. The van der Waals surface area contributed by atoms with Gasteiger partial charge in [-0.15, -0.1) is 0 Å². The number of rotatable bonds is 5. The molecular weight excluding hydrogens is 394 g/mol. The normalized spacial score (nSPS) is 16.7. The fourth-order valence-electron chi connectivity index (χ4n) is 3.11. The first-order valence-electron chi connectivity index (χ1n) is 8.91. The van der Waals surface area contributed by atoms with E-state index < -0.39 is 0 Å². The van der Waals surface area contributed by atoms with E-state index in [2.05, 4.69) is 70.8 Å². The summed E-state index contributed by atoms with van der Waals surface area (Å²) in [7, 11) is 3.69. The summed E-state index contributed by atoms with van der Waals surface area (Å²) < 4.78 is 2.89. The van der Waals surface area contributed by atoms with E-state index in [1.165, 1.54) is 5.56 Å². The third-order valence-electron chi connectivity index (χ3n) is 4.69. The second-order valence-corrected chi connectivity index (χ2v) is 7.46. The minimum Gasteiger partial charge on any atom is -0.354 e. The average Bonchev–Trinajstić information content (AvgIpc) is 3.07. The zero-order valence-corrected chi connectivity index (χ0v) is 16.9. The summed E-state index contributed by atoms with van der Waals surface area (Å²) in [4.78, 5) is 11.1. The second kappa shape index (κ2) is 9.14. The van der Waals surface area contributed by atoms with Crippen LogP contribution >= 0.6 is 15.9 Å². The van der Waals surface area contributed by atoms with Crippen LogP contribution in [-0.2, 0) is 20.1 Å². The van der Waals surface area contributed by atoms with Gasteiger partial charge in [0.1, 0.15) is 12.2 Å². The Morgan fingerprint density at radius 3 is 2.62 bits per heavy atom. The molecule has 1 aliphatic rings. The van der Waals surface area contributed by atoms with E-state index in [1.807, 2.05) is 7.05 Å². The SMILES string of the molecule is CN=C(NCc1ncnn1C)NC1CCN(Cc2ccc(Br)cc2)CC1. The Kier molecular flexibility index (Phi) is 6.62. The van der Waals surface area contributed by atoms with Gasteiger partial charge in [-0.05, 0) is 30.5 Å². The van der Waals surface area contributed by atoms with E-state index in [0.29, 0.717) is 12.6 Å². The average molecular weight is 420 g/mol. The molecule has 0 spiro atoms. The van der Waals surface area contributed by atoms with Crippen LogP contribution < -0.4 is 10.6 Å². The van der Waals surface area contributed by atoms with Crippen LogP contribution in [0.4, 0.5) is 0 Å². The van der Waals surface area contributed by atoms with Gasteiger partial charge in [0, 0.05) is 44.2 Å². The third kappa shape index (κ3) is 5.28. The van der Waals surface area contributed by atoms with E-state index in [0.717, 1.165) is 48.7 Å². The number of nitrogens with one attached hydrogen (secondary N) is 2. The first kappa shape index (κ1) is 18.8. The highest BCUT2D eigenvalue weighted by Crippen LogP contribution is 2.16. The van der Waals surface area contributed by atoms with Crippen LogP contribution in [-0.4, -0.2) is 51.8 Å². The van der Waals surface area contributed by atoms with E-state index in [9.17, 15) is 0 Å². The Labute approximate surface area is 163 Å². The van der Waals surface area contributed by atoms with Crippen LogP contribution in [0.1, 0.15) is 24.2 Å². The molecule has 0 atom stereocenters. The molecule has 0 aliphatic carbocycles. The predicted octanol–water partition coefficient (Wildman–Crippen LogP) is 1.91. The zero-order valence-electron chi connectivity index (χ0n) is 15.3. The molecule has 1 aromatic carbocycles. The number of guanidine groups is 1. The van der Waals surface area contributed by atoms with Crippen molar-refractivity contribution < 1.29 is 0 Å². The topological polar surface area (TPSA) is 70.4 Å². The molecule has 0 unspecified atom stereocenters. The molecule has 26 heavy (non-hydrogen) atoms. The monoisotopic (exact) mass is 419 g/mol. The Hall–Kier alpha value is -1.93. The highest BCUT2D eigenvalue weighted by atomic mass is 79.9. The minimum absolute atomic E-state index is 0.446. The molecule has 0 radical (unpaired) electrons. The molecule has 1 aromatic heterocycles. The number of likely N-dealkylation sites (tertiary alicyclic amines) is 1. The summed E-state index contributed by atoms with van der Waals surface area (Å²) in [5.74, 6) is 1.71. The molecular formula is C18H26BrN7. The number of benzene rings is 1. The summed E-state index contributed by atoms with van der Waals surface area (Å²) in [6.07, 6.45) is 3.79.